The summed E-state index contributed by atoms with van der Waals surface area (Å²) in [4.78, 5) is 6.18. The standard InChI is InChI=1S/C9H11N3.HI/c1-12-6-7-4-2-3-5-8(7)11-9(12)10;/h2-5H,6H2,1H3,(H2,10,11);1H. The van der Waals surface area contributed by atoms with Gasteiger partial charge in [0.25, 0.3) is 0 Å². The van der Waals surface area contributed by atoms with Crippen LogP contribution in [0.1, 0.15) is 5.56 Å². The molecule has 1 heterocycles. The number of hydrogen-bond donors (Lipinski definition) is 1. The lowest BCUT2D eigenvalue weighted by atomic mass is 10.1. The minimum absolute atomic E-state index is 0. The van der Waals surface area contributed by atoms with Crippen LogP contribution in [0, 0.1) is 0 Å². The molecule has 1 aromatic carbocycles. The molecule has 3 nitrogen and oxygen atoms in total. The van der Waals surface area contributed by atoms with Crippen LogP contribution in [0.2, 0.25) is 0 Å². The molecule has 0 fully saturated rings. The first-order valence-corrected chi connectivity index (χ1v) is 3.90. The van der Waals surface area contributed by atoms with Gasteiger partial charge in [0.2, 0.25) is 0 Å². The van der Waals surface area contributed by atoms with Crippen LogP contribution in [0.25, 0.3) is 0 Å². The maximum atomic E-state index is 5.67. The van der Waals surface area contributed by atoms with Crippen LogP contribution in [0.15, 0.2) is 29.3 Å². The normalized spacial score (nSPS) is 14.2. The monoisotopic (exact) mass is 289 g/mol. The zero-order valence-electron chi connectivity index (χ0n) is 7.40. The molecule has 0 unspecified atom stereocenters. The van der Waals surface area contributed by atoms with Crippen molar-refractivity contribution >= 4 is 35.6 Å². The molecule has 1 aromatic rings. The molecule has 0 spiro atoms. The predicted molar refractivity (Wildman–Crippen MR) is 64.6 cm³/mol. The fourth-order valence-electron chi connectivity index (χ4n) is 1.30. The number of halogens is 1. The molecular weight excluding hydrogens is 277 g/mol. The molecule has 1 aliphatic heterocycles. The smallest absolute Gasteiger partial charge is 0.196 e. The lowest BCUT2D eigenvalue weighted by Gasteiger charge is -2.23. The highest BCUT2D eigenvalue weighted by atomic mass is 127. The highest BCUT2D eigenvalue weighted by Crippen LogP contribution is 2.23. The summed E-state index contributed by atoms with van der Waals surface area (Å²) in [6, 6.07) is 8.04. The van der Waals surface area contributed by atoms with Gasteiger partial charge in [-0.1, -0.05) is 18.2 Å². The van der Waals surface area contributed by atoms with Crippen LogP contribution in [-0.2, 0) is 6.54 Å². The Kier molecular flexibility index (Phi) is 3.13. The van der Waals surface area contributed by atoms with Crippen LogP contribution < -0.4 is 5.73 Å². The lowest BCUT2D eigenvalue weighted by molar-refractivity contribution is 0.487. The molecule has 0 saturated carbocycles. The van der Waals surface area contributed by atoms with E-state index in [0.717, 1.165) is 12.2 Å². The average Bonchev–Trinajstić information content (AvgIpc) is 2.07. The van der Waals surface area contributed by atoms with Crippen molar-refractivity contribution in [2.24, 2.45) is 10.7 Å². The van der Waals surface area contributed by atoms with E-state index in [2.05, 4.69) is 11.1 Å². The third kappa shape index (κ3) is 1.93. The van der Waals surface area contributed by atoms with E-state index in [0.29, 0.717) is 5.96 Å². The molecule has 0 radical (unpaired) electrons. The molecular formula is C9H12IN3. The number of fused-ring (bicyclic) bond motifs is 1. The molecule has 2 N–H and O–H groups in total. The topological polar surface area (TPSA) is 41.6 Å². The van der Waals surface area contributed by atoms with E-state index in [1.807, 2.05) is 30.1 Å². The molecule has 0 saturated heterocycles. The SMILES string of the molecule is CN1Cc2ccccc2N=C1N.I. The summed E-state index contributed by atoms with van der Waals surface area (Å²) in [7, 11) is 1.94. The first-order valence-electron chi connectivity index (χ1n) is 3.90. The lowest BCUT2D eigenvalue weighted by Crippen LogP contribution is -2.35. The van der Waals surface area contributed by atoms with Crippen LogP contribution in [0.3, 0.4) is 0 Å². The van der Waals surface area contributed by atoms with Gasteiger partial charge in [-0.15, -0.1) is 24.0 Å². The maximum absolute atomic E-state index is 5.67. The minimum atomic E-state index is 0. The molecule has 70 valence electrons. The number of aliphatic imine (C=N–C) groups is 1. The van der Waals surface area contributed by atoms with E-state index in [9.17, 15) is 0 Å². The molecule has 0 atom stereocenters. The van der Waals surface area contributed by atoms with Gasteiger partial charge in [0.1, 0.15) is 0 Å². The van der Waals surface area contributed by atoms with Crippen molar-refractivity contribution in [3.05, 3.63) is 29.8 Å². The van der Waals surface area contributed by atoms with E-state index in [1.165, 1.54) is 5.56 Å². The molecule has 0 amide bonds. The second-order valence-electron chi connectivity index (χ2n) is 2.95. The second-order valence-corrected chi connectivity index (χ2v) is 2.95. The van der Waals surface area contributed by atoms with Crippen LogP contribution in [0.5, 0.6) is 0 Å². The van der Waals surface area contributed by atoms with Gasteiger partial charge >= 0.3 is 0 Å². The number of nitrogens with two attached hydrogens (primary N) is 1. The Morgan fingerprint density at radius 2 is 2.08 bits per heavy atom. The van der Waals surface area contributed by atoms with Gasteiger partial charge in [-0.3, -0.25) is 0 Å². The number of guanidine groups is 1. The van der Waals surface area contributed by atoms with Gasteiger partial charge in [0.15, 0.2) is 5.96 Å². The number of benzene rings is 1. The van der Waals surface area contributed by atoms with E-state index in [1.54, 1.807) is 0 Å². The number of rotatable bonds is 0. The van der Waals surface area contributed by atoms with Gasteiger partial charge in [0, 0.05) is 13.6 Å². The summed E-state index contributed by atoms with van der Waals surface area (Å²) in [5, 5.41) is 0. The van der Waals surface area contributed by atoms with Crippen molar-refractivity contribution in [1.82, 2.24) is 4.90 Å². The second kappa shape index (κ2) is 3.95. The van der Waals surface area contributed by atoms with Gasteiger partial charge in [-0.25, -0.2) is 4.99 Å². The summed E-state index contributed by atoms with van der Waals surface area (Å²) < 4.78 is 0. The highest BCUT2D eigenvalue weighted by molar-refractivity contribution is 14.0. The van der Waals surface area contributed by atoms with Gasteiger partial charge in [0.05, 0.1) is 5.69 Å². The molecule has 0 aromatic heterocycles. The Balaban J connectivity index is 0.000000845. The third-order valence-corrected chi connectivity index (χ3v) is 2.03. The summed E-state index contributed by atoms with van der Waals surface area (Å²) >= 11 is 0. The Morgan fingerprint density at radius 3 is 2.85 bits per heavy atom. The van der Waals surface area contributed by atoms with Crippen molar-refractivity contribution in [2.45, 2.75) is 6.54 Å². The van der Waals surface area contributed by atoms with Crippen molar-refractivity contribution in [3.8, 4) is 0 Å². The first-order chi connectivity index (χ1) is 5.77. The molecule has 1 aliphatic rings. The summed E-state index contributed by atoms with van der Waals surface area (Å²) in [6.07, 6.45) is 0. The van der Waals surface area contributed by atoms with Crippen molar-refractivity contribution < 1.29 is 0 Å². The van der Waals surface area contributed by atoms with E-state index >= 15 is 0 Å². The molecule has 2 rings (SSSR count). The Bertz CT molecular complexity index is 335. The van der Waals surface area contributed by atoms with Gasteiger partial charge in [-0.2, -0.15) is 0 Å². The zero-order valence-corrected chi connectivity index (χ0v) is 9.73. The predicted octanol–water partition coefficient (Wildman–Crippen LogP) is 1.70. The van der Waals surface area contributed by atoms with Crippen LogP contribution in [0.4, 0.5) is 5.69 Å². The largest absolute Gasteiger partial charge is 0.369 e. The van der Waals surface area contributed by atoms with E-state index in [4.69, 9.17) is 5.73 Å². The molecule has 13 heavy (non-hydrogen) atoms. The highest BCUT2D eigenvalue weighted by Gasteiger charge is 2.12. The molecule has 0 bridgehead atoms. The molecule has 0 aliphatic carbocycles. The summed E-state index contributed by atoms with van der Waals surface area (Å²) in [5.74, 6) is 0.591. The van der Waals surface area contributed by atoms with E-state index in [-0.39, 0.29) is 24.0 Å². The fraction of sp³-hybridized carbons (Fsp3) is 0.222. The fourth-order valence-corrected chi connectivity index (χ4v) is 1.30. The quantitative estimate of drug-likeness (QED) is 0.739. The first kappa shape index (κ1) is 10.3. The van der Waals surface area contributed by atoms with Crippen molar-refractivity contribution in [1.29, 1.82) is 0 Å². The third-order valence-electron chi connectivity index (χ3n) is 2.03. The zero-order chi connectivity index (χ0) is 8.55. The van der Waals surface area contributed by atoms with Gasteiger partial charge < -0.3 is 10.6 Å². The number of nitrogens with zero attached hydrogens (tertiary/aromatic N) is 2. The van der Waals surface area contributed by atoms with Crippen LogP contribution in [-0.4, -0.2) is 17.9 Å². The van der Waals surface area contributed by atoms with Crippen molar-refractivity contribution in [3.63, 3.8) is 0 Å². The van der Waals surface area contributed by atoms with Crippen molar-refractivity contribution in [2.75, 3.05) is 7.05 Å². The molecule has 4 heteroatoms. The summed E-state index contributed by atoms with van der Waals surface area (Å²) in [5.41, 5.74) is 7.89. The van der Waals surface area contributed by atoms with E-state index < -0.39 is 0 Å². The number of para-hydroxylation sites is 1. The Morgan fingerprint density at radius 1 is 1.38 bits per heavy atom. The number of hydrogen-bond acceptors (Lipinski definition) is 3. The average molecular weight is 289 g/mol. The Hall–Kier alpha value is -0.780. The summed E-state index contributed by atoms with van der Waals surface area (Å²) in [6.45, 7) is 0.853. The minimum Gasteiger partial charge on any atom is -0.369 e. The maximum Gasteiger partial charge on any atom is 0.196 e. The van der Waals surface area contributed by atoms with Crippen LogP contribution >= 0.6 is 24.0 Å². The Labute approximate surface area is 94.7 Å². The van der Waals surface area contributed by atoms with Gasteiger partial charge in [-0.05, 0) is 11.6 Å².